The number of carbonyl (C=O) groups excluding carboxylic acids is 1. The molecule has 1 aromatic carbocycles. The third-order valence-electron chi connectivity index (χ3n) is 7.02. The molecule has 0 bridgehead atoms. The summed E-state index contributed by atoms with van der Waals surface area (Å²) in [5.74, 6) is 3.39. The van der Waals surface area contributed by atoms with E-state index in [2.05, 4.69) is 42.5 Å². The third-order valence-corrected chi connectivity index (χ3v) is 11.3. The minimum atomic E-state index is -0.182. The first kappa shape index (κ1) is 33.0. The van der Waals surface area contributed by atoms with Crippen molar-refractivity contribution in [1.82, 2.24) is 14.7 Å². The van der Waals surface area contributed by atoms with E-state index in [-0.39, 0.29) is 29.8 Å². The summed E-state index contributed by atoms with van der Waals surface area (Å²) in [6.07, 6.45) is 2.66. The fraction of sp³-hybridized carbons (Fsp3) is 0.643. The lowest BCUT2D eigenvalue weighted by Crippen LogP contribution is -2.45. The first-order valence-electron chi connectivity index (χ1n) is 13.8. The summed E-state index contributed by atoms with van der Waals surface area (Å²) in [7, 11) is 3.66. The van der Waals surface area contributed by atoms with Crippen LogP contribution in [0, 0.1) is 4.91 Å². The third kappa shape index (κ3) is 9.01. The Hall–Kier alpha value is -1.47. The molecule has 2 saturated heterocycles. The van der Waals surface area contributed by atoms with Gasteiger partial charge < -0.3 is 24.2 Å². The van der Waals surface area contributed by atoms with Gasteiger partial charge in [-0.2, -0.15) is 0 Å². The molecule has 3 rings (SSSR count). The van der Waals surface area contributed by atoms with E-state index in [4.69, 9.17) is 21.7 Å². The topological polar surface area (TPSA) is 74.7 Å². The van der Waals surface area contributed by atoms with Gasteiger partial charge in [-0.3, -0.25) is 4.79 Å². The van der Waals surface area contributed by atoms with E-state index in [1.54, 1.807) is 17.8 Å². The second kappa shape index (κ2) is 16.8. The molecule has 2 aliphatic rings. The molecule has 0 spiro atoms. The average Bonchev–Trinajstić information content (AvgIpc) is 3.45. The molecule has 40 heavy (non-hydrogen) atoms. The van der Waals surface area contributed by atoms with Crippen molar-refractivity contribution in [2.24, 2.45) is 5.18 Å². The molecule has 0 aromatic heterocycles. The van der Waals surface area contributed by atoms with Crippen molar-refractivity contribution in [3.8, 4) is 11.5 Å². The van der Waals surface area contributed by atoms with Crippen LogP contribution in [0.2, 0.25) is 0 Å². The zero-order valence-corrected chi connectivity index (χ0v) is 27.3. The Bertz CT molecular complexity index is 1030. The number of thioether (sulfide) groups is 3. The summed E-state index contributed by atoms with van der Waals surface area (Å²) in [4.78, 5) is 32.0. The largest absolute Gasteiger partial charge is 0.493 e. The van der Waals surface area contributed by atoms with Gasteiger partial charge in [-0.25, -0.2) is 0 Å². The number of rotatable bonds is 14. The maximum Gasteiger partial charge on any atom is 0.256 e. The standard InChI is InChI=1S/C28H42N4O4S4/c1-6-38-27(39-7-2)23-9-8-11-32(23)26(33)21-17-24(35-5)25(18-22(21)29-34)36-19-20(3)10-16-40-28(37)31-14-12-30(4)13-15-31/h17-18,23,27H,3,6-16,19H2,1-2,4-5H3/t23-/m0/s1. The fourth-order valence-corrected chi connectivity index (χ4v) is 9.00. The first-order valence-corrected chi connectivity index (χ1v) is 17.3. The SMILES string of the molecule is C=C(CCSC(=S)N1CCN(C)CC1)COc1cc(N=O)c(C(=O)N2CCC[C@H]2C(SCC)SCC)cc1OC. The van der Waals surface area contributed by atoms with Gasteiger partial charge in [0.1, 0.15) is 16.6 Å². The van der Waals surface area contributed by atoms with Gasteiger partial charge in [0.05, 0.1) is 23.3 Å². The van der Waals surface area contributed by atoms with Crippen molar-refractivity contribution >= 4 is 63.4 Å². The smallest absolute Gasteiger partial charge is 0.256 e. The second-order valence-electron chi connectivity index (χ2n) is 9.79. The zero-order valence-electron chi connectivity index (χ0n) is 24.1. The molecule has 8 nitrogen and oxygen atoms in total. The lowest BCUT2D eigenvalue weighted by atomic mass is 10.1. The minimum Gasteiger partial charge on any atom is -0.493 e. The number of likely N-dealkylation sites (tertiary alicyclic amines) is 1. The van der Waals surface area contributed by atoms with Crippen molar-refractivity contribution in [2.45, 2.75) is 43.7 Å². The second-order valence-corrected chi connectivity index (χ2v) is 14.7. The highest BCUT2D eigenvalue weighted by Gasteiger charge is 2.36. The molecule has 0 radical (unpaired) electrons. The number of carbonyl (C=O) groups is 1. The summed E-state index contributed by atoms with van der Waals surface area (Å²) >= 11 is 11.0. The molecule has 0 N–H and O–H groups in total. The quantitative estimate of drug-likeness (QED) is 0.104. The molecule has 1 amide bonds. The number of piperazine rings is 1. The number of nitrogens with zero attached hydrogens (tertiary/aromatic N) is 4. The van der Waals surface area contributed by atoms with Crippen LogP contribution in [-0.4, -0.2) is 106 Å². The number of ether oxygens (including phenoxy) is 2. The molecule has 2 heterocycles. The van der Waals surface area contributed by atoms with Gasteiger partial charge >= 0.3 is 0 Å². The number of hydrogen-bond acceptors (Lipinski definition) is 10. The summed E-state index contributed by atoms with van der Waals surface area (Å²) in [5, 5.41) is 3.20. The number of methoxy groups -OCH3 is 1. The highest BCUT2D eigenvalue weighted by Crippen LogP contribution is 2.39. The van der Waals surface area contributed by atoms with Gasteiger partial charge in [-0.15, -0.1) is 28.4 Å². The minimum absolute atomic E-state index is 0.0629. The number of hydrogen-bond donors (Lipinski definition) is 0. The monoisotopic (exact) mass is 626 g/mol. The van der Waals surface area contributed by atoms with Crippen LogP contribution in [0.4, 0.5) is 5.69 Å². The Kier molecular flexibility index (Phi) is 13.9. The molecule has 2 fully saturated rings. The average molecular weight is 627 g/mol. The van der Waals surface area contributed by atoms with Crippen LogP contribution >= 0.6 is 47.5 Å². The van der Waals surface area contributed by atoms with Crippen LogP contribution < -0.4 is 9.47 Å². The molecular formula is C28H42N4O4S4. The van der Waals surface area contributed by atoms with E-state index in [9.17, 15) is 9.70 Å². The van der Waals surface area contributed by atoms with Crippen molar-refractivity contribution in [3.05, 3.63) is 34.8 Å². The van der Waals surface area contributed by atoms with Gasteiger partial charge in [0.15, 0.2) is 11.5 Å². The van der Waals surface area contributed by atoms with Crippen molar-refractivity contribution in [1.29, 1.82) is 0 Å². The van der Waals surface area contributed by atoms with Gasteiger partial charge in [-0.05, 0) is 54.6 Å². The number of amides is 1. The van der Waals surface area contributed by atoms with E-state index < -0.39 is 0 Å². The molecule has 0 unspecified atom stereocenters. The lowest BCUT2D eigenvalue weighted by Gasteiger charge is -2.33. The molecule has 1 atom stereocenters. The maximum atomic E-state index is 13.7. The van der Waals surface area contributed by atoms with Gasteiger partial charge in [0, 0.05) is 44.5 Å². The van der Waals surface area contributed by atoms with Crippen molar-refractivity contribution in [3.63, 3.8) is 0 Å². The zero-order chi connectivity index (χ0) is 29.1. The van der Waals surface area contributed by atoms with Crippen molar-refractivity contribution < 1.29 is 14.3 Å². The highest BCUT2D eigenvalue weighted by atomic mass is 32.2. The Morgan fingerprint density at radius 2 is 1.85 bits per heavy atom. The molecule has 2 aliphatic heterocycles. The summed E-state index contributed by atoms with van der Waals surface area (Å²) in [6.45, 7) is 13.4. The Morgan fingerprint density at radius 1 is 1.15 bits per heavy atom. The fourth-order valence-electron chi connectivity index (χ4n) is 4.76. The van der Waals surface area contributed by atoms with Crippen molar-refractivity contribution in [2.75, 3.05) is 70.7 Å². The molecule has 12 heteroatoms. The molecule has 0 aliphatic carbocycles. The van der Waals surface area contributed by atoms with Crippen LogP contribution in [0.15, 0.2) is 29.5 Å². The predicted octanol–water partition coefficient (Wildman–Crippen LogP) is 6.12. The van der Waals surface area contributed by atoms with E-state index in [0.717, 1.165) is 72.6 Å². The van der Waals surface area contributed by atoms with Crippen LogP contribution in [0.3, 0.4) is 0 Å². The molecule has 222 valence electrons. The number of benzene rings is 1. The van der Waals surface area contributed by atoms with Crippen LogP contribution in [0.5, 0.6) is 11.5 Å². The Morgan fingerprint density at radius 3 is 2.48 bits per heavy atom. The molecule has 1 aromatic rings. The normalized spacial score (nSPS) is 17.8. The molecular weight excluding hydrogens is 585 g/mol. The van der Waals surface area contributed by atoms with Crippen LogP contribution in [0.25, 0.3) is 0 Å². The number of thiocarbonyl (C=S) groups is 1. The summed E-state index contributed by atoms with van der Waals surface area (Å²) in [6, 6.07) is 3.22. The highest BCUT2D eigenvalue weighted by molar-refractivity contribution is 8.22. The van der Waals surface area contributed by atoms with Crippen LogP contribution in [-0.2, 0) is 0 Å². The van der Waals surface area contributed by atoms with Crippen LogP contribution in [0.1, 0.15) is 43.5 Å². The number of likely N-dealkylation sites (N-methyl/N-ethyl adjacent to an activating group) is 1. The van der Waals surface area contributed by atoms with E-state index in [0.29, 0.717) is 22.6 Å². The van der Waals surface area contributed by atoms with E-state index >= 15 is 0 Å². The predicted molar refractivity (Wildman–Crippen MR) is 176 cm³/mol. The Labute approximate surface area is 257 Å². The lowest BCUT2D eigenvalue weighted by molar-refractivity contribution is 0.0746. The summed E-state index contributed by atoms with van der Waals surface area (Å²) < 4.78 is 12.8. The first-order chi connectivity index (χ1) is 19.3. The maximum absolute atomic E-state index is 13.7. The van der Waals surface area contributed by atoms with Gasteiger partial charge in [-0.1, -0.05) is 44.4 Å². The van der Waals surface area contributed by atoms with Gasteiger partial charge in [0.25, 0.3) is 5.91 Å². The Balaban J connectivity index is 1.61. The summed E-state index contributed by atoms with van der Waals surface area (Å²) in [5.41, 5.74) is 1.22. The number of nitroso groups, excluding NO2 is 1. The van der Waals surface area contributed by atoms with Gasteiger partial charge in [0.2, 0.25) is 0 Å². The van der Waals surface area contributed by atoms with E-state index in [1.807, 2.05) is 28.4 Å². The van der Waals surface area contributed by atoms with E-state index in [1.165, 1.54) is 13.2 Å². The molecule has 0 saturated carbocycles.